The van der Waals surface area contributed by atoms with Gasteiger partial charge in [0, 0.05) is 19.1 Å². The number of amides is 1. The van der Waals surface area contributed by atoms with E-state index in [9.17, 15) is 4.79 Å². The van der Waals surface area contributed by atoms with Crippen molar-refractivity contribution >= 4 is 5.91 Å². The molecule has 1 amide bonds. The Bertz CT molecular complexity index is 208. The molecule has 0 saturated carbocycles. The zero-order valence-electron chi connectivity index (χ0n) is 10.2. The van der Waals surface area contributed by atoms with Crippen LogP contribution in [0.4, 0.5) is 0 Å². The first-order chi connectivity index (χ1) is 7.06. The molecule has 0 bridgehead atoms. The molecule has 0 radical (unpaired) electrons. The summed E-state index contributed by atoms with van der Waals surface area (Å²) in [6.45, 7) is 7.91. The van der Waals surface area contributed by atoms with Crippen molar-refractivity contribution in [3.8, 4) is 0 Å². The molecule has 1 rings (SSSR count). The van der Waals surface area contributed by atoms with Gasteiger partial charge in [-0.1, -0.05) is 20.3 Å². The fourth-order valence-electron chi connectivity index (χ4n) is 2.07. The van der Waals surface area contributed by atoms with Gasteiger partial charge in [0.25, 0.3) is 0 Å². The molecule has 1 heterocycles. The summed E-state index contributed by atoms with van der Waals surface area (Å²) in [6, 6.07) is -0.0404. The van der Waals surface area contributed by atoms with Crippen LogP contribution in [0.3, 0.4) is 0 Å². The highest BCUT2D eigenvalue weighted by Crippen LogP contribution is 2.21. The van der Waals surface area contributed by atoms with Crippen LogP contribution in [-0.2, 0) is 4.79 Å². The summed E-state index contributed by atoms with van der Waals surface area (Å²) < 4.78 is 0. The zero-order chi connectivity index (χ0) is 11.4. The van der Waals surface area contributed by atoms with Gasteiger partial charge in [-0.3, -0.25) is 4.79 Å². The van der Waals surface area contributed by atoms with Crippen molar-refractivity contribution in [2.45, 2.75) is 46.1 Å². The van der Waals surface area contributed by atoms with Crippen molar-refractivity contribution in [3.63, 3.8) is 0 Å². The van der Waals surface area contributed by atoms with Gasteiger partial charge in [-0.25, -0.2) is 0 Å². The summed E-state index contributed by atoms with van der Waals surface area (Å²) in [6.07, 6.45) is 3.56. The Kier molecular flexibility index (Phi) is 4.58. The summed E-state index contributed by atoms with van der Waals surface area (Å²) in [5.41, 5.74) is 5.75. The van der Waals surface area contributed by atoms with Gasteiger partial charge in [0.2, 0.25) is 5.91 Å². The molecule has 3 heteroatoms. The Hall–Kier alpha value is -0.570. The third kappa shape index (κ3) is 3.20. The molecule has 0 aromatic carbocycles. The van der Waals surface area contributed by atoms with Gasteiger partial charge < -0.3 is 10.6 Å². The summed E-state index contributed by atoms with van der Waals surface area (Å²) in [7, 11) is 0. The van der Waals surface area contributed by atoms with Gasteiger partial charge in [-0.05, 0) is 25.7 Å². The van der Waals surface area contributed by atoms with Crippen LogP contribution in [0.1, 0.15) is 40.0 Å². The number of carbonyl (C=O) groups is 1. The van der Waals surface area contributed by atoms with Crippen molar-refractivity contribution in [1.82, 2.24) is 4.90 Å². The van der Waals surface area contributed by atoms with Gasteiger partial charge in [0.1, 0.15) is 0 Å². The highest BCUT2D eigenvalue weighted by atomic mass is 16.2. The third-order valence-corrected chi connectivity index (χ3v) is 3.68. The van der Waals surface area contributed by atoms with Crippen molar-refractivity contribution in [2.75, 3.05) is 13.1 Å². The Labute approximate surface area is 93.0 Å². The van der Waals surface area contributed by atoms with Gasteiger partial charge in [-0.15, -0.1) is 0 Å². The molecule has 2 N–H and O–H groups in total. The number of hydrogen-bond donors (Lipinski definition) is 1. The molecule has 1 fully saturated rings. The van der Waals surface area contributed by atoms with Gasteiger partial charge in [-0.2, -0.15) is 0 Å². The fourth-order valence-corrected chi connectivity index (χ4v) is 2.07. The van der Waals surface area contributed by atoms with E-state index in [4.69, 9.17) is 5.73 Å². The third-order valence-electron chi connectivity index (χ3n) is 3.68. The largest absolute Gasteiger partial charge is 0.342 e. The van der Waals surface area contributed by atoms with Crippen LogP contribution in [0.5, 0.6) is 0 Å². The summed E-state index contributed by atoms with van der Waals surface area (Å²) >= 11 is 0. The molecular weight excluding hydrogens is 188 g/mol. The molecule has 1 aliphatic heterocycles. The second kappa shape index (κ2) is 5.50. The number of nitrogens with two attached hydrogens (primary N) is 1. The van der Waals surface area contributed by atoms with Crippen LogP contribution < -0.4 is 5.73 Å². The lowest BCUT2D eigenvalue weighted by Crippen LogP contribution is -2.45. The molecule has 2 unspecified atom stereocenters. The van der Waals surface area contributed by atoms with E-state index in [1.165, 1.54) is 6.42 Å². The standard InChI is InChI=1S/C12H24N2O/c1-4-11-5-7-14(8-6-11)12(15)9(2)10(3)13/h9-11H,4-8,13H2,1-3H3. The van der Waals surface area contributed by atoms with Crippen molar-refractivity contribution < 1.29 is 4.79 Å². The normalized spacial score (nSPS) is 22.5. The predicted octanol–water partition coefficient (Wildman–Crippen LogP) is 1.62. The lowest BCUT2D eigenvalue weighted by atomic mass is 9.93. The van der Waals surface area contributed by atoms with E-state index in [1.807, 2.05) is 18.7 Å². The molecule has 0 aromatic rings. The van der Waals surface area contributed by atoms with Crippen LogP contribution >= 0.6 is 0 Å². The number of carbonyl (C=O) groups excluding carboxylic acids is 1. The molecule has 0 aliphatic carbocycles. The van der Waals surface area contributed by atoms with Gasteiger partial charge in [0.15, 0.2) is 0 Å². The minimum atomic E-state index is -0.0404. The average Bonchev–Trinajstić information content (AvgIpc) is 2.27. The van der Waals surface area contributed by atoms with Crippen LogP contribution in [0.15, 0.2) is 0 Å². The lowest BCUT2D eigenvalue weighted by molar-refractivity contribution is -0.136. The smallest absolute Gasteiger partial charge is 0.226 e. The molecule has 88 valence electrons. The molecular formula is C12H24N2O. The maximum Gasteiger partial charge on any atom is 0.226 e. The van der Waals surface area contributed by atoms with Crippen molar-refractivity contribution in [2.24, 2.45) is 17.6 Å². The van der Waals surface area contributed by atoms with E-state index in [1.54, 1.807) is 0 Å². The molecule has 15 heavy (non-hydrogen) atoms. The average molecular weight is 212 g/mol. The highest BCUT2D eigenvalue weighted by molar-refractivity contribution is 5.79. The highest BCUT2D eigenvalue weighted by Gasteiger charge is 2.26. The lowest BCUT2D eigenvalue weighted by Gasteiger charge is -2.34. The quantitative estimate of drug-likeness (QED) is 0.772. The molecule has 0 aromatic heterocycles. The number of piperidine rings is 1. The first-order valence-electron chi connectivity index (χ1n) is 6.10. The van der Waals surface area contributed by atoms with E-state index < -0.39 is 0 Å². The second-order valence-electron chi connectivity index (χ2n) is 4.82. The monoisotopic (exact) mass is 212 g/mol. The number of rotatable bonds is 3. The maximum atomic E-state index is 12.0. The topological polar surface area (TPSA) is 46.3 Å². The van der Waals surface area contributed by atoms with Crippen LogP contribution in [0.2, 0.25) is 0 Å². The first kappa shape index (κ1) is 12.5. The fraction of sp³-hybridized carbons (Fsp3) is 0.917. The Morgan fingerprint density at radius 1 is 1.40 bits per heavy atom. The molecule has 0 spiro atoms. The van der Waals surface area contributed by atoms with Gasteiger partial charge >= 0.3 is 0 Å². The molecule has 3 nitrogen and oxygen atoms in total. The minimum absolute atomic E-state index is 0.0387. The van der Waals surface area contributed by atoms with Crippen molar-refractivity contribution in [1.29, 1.82) is 0 Å². The first-order valence-corrected chi connectivity index (χ1v) is 6.10. The Morgan fingerprint density at radius 3 is 2.33 bits per heavy atom. The van der Waals surface area contributed by atoms with E-state index in [2.05, 4.69) is 6.92 Å². The zero-order valence-corrected chi connectivity index (χ0v) is 10.2. The molecule has 1 saturated heterocycles. The number of nitrogens with zero attached hydrogens (tertiary/aromatic N) is 1. The number of hydrogen-bond acceptors (Lipinski definition) is 2. The predicted molar refractivity (Wildman–Crippen MR) is 62.4 cm³/mol. The Morgan fingerprint density at radius 2 is 1.93 bits per heavy atom. The summed E-state index contributed by atoms with van der Waals surface area (Å²) in [5.74, 6) is 1.02. The molecule has 2 atom stereocenters. The summed E-state index contributed by atoms with van der Waals surface area (Å²) in [5, 5.41) is 0. The van der Waals surface area contributed by atoms with Crippen LogP contribution in [-0.4, -0.2) is 29.9 Å². The van der Waals surface area contributed by atoms with E-state index in [-0.39, 0.29) is 17.9 Å². The molecule has 1 aliphatic rings. The number of likely N-dealkylation sites (tertiary alicyclic amines) is 1. The SMILES string of the molecule is CCC1CCN(C(=O)C(C)C(C)N)CC1. The summed E-state index contributed by atoms with van der Waals surface area (Å²) in [4.78, 5) is 14.0. The van der Waals surface area contributed by atoms with E-state index in [0.29, 0.717) is 0 Å². The van der Waals surface area contributed by atoms with E-state index >= 15 is 0 Å². The van der Waals surface area contributed by atoms with Crippen LogP contribution in [0, 0.1) is 11.8 Å². The van der Waals surface area contributed by atoms with Gasteiger partial charge in [0.05, 0.1) is 5.92 Å². The second-order valence-corrected chi connectivity index (χ2v) is 4.82. The van der Waals surface area contributed by atoms with Crippen molar-refractivity contribution in [3.05, 3.63) is 0 Å². The van der Waals surface area contributed by atoms with Crippen LogP contribution in [0.25, 0.3) is 0 Å². The minimum Gasteiger partial charge on any atom is -0.342 e. The Balaban J connectivity index is 2.42. The maximum absolute atomic E-state index is 12.0. The van der Waals surface area contributed by atoms with E-state index in [0.717, 1.165) is 31.8 Å².